The van der Waals surface area contributed by atoms with Gasteiger partial charge in [0.15, 0.2) is 0 Å². The number of rotatable bonds is 6. The molecule has 6 heteroatoms. The van der Waals surface area contributed by atoms with Crippen LogP contribution in [0.25, 0.3) is 0 Å². The normalized spacial score (nSPS) is 18.8. The van der Waals surface area contributed by atoms with Gasteiger partial charge in [0.1, 0.15) is 12.4 Å². The van der Waals surface area contributed by atoms with Crippen molar-refractivity contribution in [2.24, 2.45) is 0 Å². The second-order valence-corrected chi connectivity index (χ2v) is 6.50. The number of ether oxygens (including phenoxy) is 2. The van der Waals surface area contributed by atoms with E-state index in [2.05, 4.69) is 10.6 Å². The molecule has 0 heterocycles. The molecular formula is C19H21ClN2O3. The highest BCUT2D eigenvalue weighted by atomic mass is 35.5. The summed E-state index contributed by atoms with van der Waals surface area (Å²) < 4.78 is 10.6. The molecule has 0 aliphatic heterocycles. The second-order valence-electron chi connectivity index (χ2n) is 6.06. The first kappa shape index (κ1) is 17.4. The van der Waals surface area contributed by atoms with E-state index in [0.29, 0.717) is 5.02 Å². The monoisotopic (exact) mass is 360 g/mol. The molecule has 1 saturated carbocycles. The number of methoxy groups -OCH3 is 1. The molecule has 1 fully saturated rings. The molecule has 1 amide bonds. The van der Waals surface area contributed by atoms with Crippen molar-refractivity contribution < 1.29 is 14.3 Å². The van der Waals surface area contributed by atoms with Gasteiger partial charge in [-0.15, -0.1) is 0 Å². The van der Waals surface area contributed by atoms with Crippen LogP contribution >= 0.6 is 11.6 Å². The van der Waals surface area contributed by atoms with Crippen LogP contribution in [0.2, 0.25) is 5.02 Å². The van der Waals surface area contributed by atoms with Crippen LogP contribution in [0, 0.1) is 0 Å². The van der Waals surface area contributed by atoms with Gasteiger partial charge in [-0.25, -0.2) is 4.79 Å². The topological polar surface area (TPSA) is 59.6 Å². The Hall–Kier alpha value is -2.40. The Labute approximate surface area is 152 Å². The SMILES string of the molecule is COc1ccc(Cl)cc1NC1CC(NC(=O)OCc2ccccc2)C1. The summed E-state index contributed by atoms with van der Waals surface area (Å²) in [6, 6.07) is 15.5. The van der Waals surface area contributed by atoms with Crippen molar-refractivity contribution in [1.82, 2.24) is 5.32 Å². The van der Waals surface area contributed by atoms with E-state index in [9.17, 15) is 4.79 Å². The lowest BCUT2D eigenvalue weighted by molar-refractivity contribution is 0.129. The van der Waals surface area contributed by atoms with Gasteiger partial charge in [-0.3, -0.25) is 0 Å². The quantitative estimate of drug-likeness (QED) is 0.809. The first-order valence-electron chi connectivity index (χ1n) is 8.21. The van der Waals surface area contributed by atoms with Crippen LogP contribution in [-0.2, 0) is 11.3 Å². The summed E-state index contributed by atoms with van der Waals surface area (Å²) in [7, 11) is 1.63. The van der Waals surface area contributed by atoms with Crippen LogP contribution in [0.3, 0.4) is 0 Å². The first-order chi connectivity index (χ1) is 12.1. The predicted molar refractivity (Wildman–Crippen MR) is 98.2 cm³/mol. The standard InChI is InChI=1S/C19H21ClN2O3/c1-24-18-8-7-14(20)9-17(18)21-15-10-16(11-15)22-19(23)25-12-13-5-3-2-4-6-13/h2-9,15-16,21H,10-12H2,1H3,(H,22,23). The second kappa shape index (κ2) is 8.12. The number of alkyl carbamates (subject to hydrolysis) is 1. The third-order valence-corrected chi connectivity index (χ3v) is 4.43. The fourth-order valence-corrected chi connectivity index (χ4v) is 2.97. The zero-order valence-electron chi connectivity index (χ0n) is 14.0. The lowest BCUT2D eigenvalue weighted by Gasteiger charge is -2.36. The molecular weight excluding hydrogens is 340 g/mol. The van der Waals surface area contributed by atoms with Crippen molar-refractivity contribution in [2.75, 3.05) is 12.4 Å². The largest absolute Gasteiger partial charge is 0.495 e. The molecule has 0 atom stereocenters. The summed E-state index contributed by atoms with van der Waals surface area (Å²) in [5.41, 5.74) is 1.84. The maximum atomic E-state index is 11.8. The molecule has 2 aromatic rings. The van der Waals surface area contributed by atoms with Gasteiger partial charge in [-0.2, -0.15) is 0 Å². The summed E-state index contributed by atoms with van der Waals surface area (Å²) in [6.45, 7) is 0.279. The smallest absolute Gasteiger partial charge is 0.407 e. The summed E-state index contributed by atoms with van der Waals surface area (Å²) in [5.74, 6) is 0.753. The first-order valence-corrected chi connectivity index (χ1v) is 8.59. The minimum Gasteiger partial charge on any atom is -0.495 e. The maximum Gasteiger partial charge on any atom is 0.407 e. The Morgan fingerprint density at radius 1 is 1.16 bits per heavy atom. The molecule has 1 aliphatic carbocycles. The van der Waals surface area contributed by atoms with E-state index in [1.807, 2.05) is 42.5 Å². The van der Waals surface area contributed by atoms with E-state index in [1.54, 1.807) is 13.2 Å². The number of carbonyl (C=O) groups is 1. The van der Waals surface area contributed by atoms with Crippen LogP contribution in [-0.4, -0.2) is 25.3 Å². The number of benzene rings is 2. The summed E-state index contributed by atoms with van der Waals surface area (Å²) in [5, 5.41) is 6.94. The fraction of sp³-hybridized carbons (Fsp3) is 0.316. The van der Waals surface area contributed by atoms with E-state index in [0.717, 1.165) is 29.8 Å². The van der Waals surface area contributed by atoms with Gasteiger partial charge in [0.2, 0.25) is 0 Å². The number of nitrogens with one attached hydrogen (secondary N) is 2. The number of hydrogen-bond acceptors (Lipinski definition) is 4. The molecule has 2 N–H and O–H groups in total. The molecule has 1 aliphatic rings. The number of anilines is 1. The Bertz CT molecular complexity index is 718. The van der Waals surface area contributed by atoms with E-state index in [4.69, 9.17) is 21.1 Å². The number of halogens is 1. The Morgan fingerprint density at radius 2 is 1.92 bits per heavy atom. The van der Waals surface area contributed by atoms with Gasteiger partial charge in [-0.05, 0) is 36.6 Å². The average molecular weight is 361 g/mol. The Balaban J connectivity index is 1.41. The molecule has 0 aromatic heterocycles. The molecule has 5 nitrogen and oxygen atoms in total. The Kier molecular flexibility index (Phi) is 5.66. The van der Waals surface area contributed by atoms with Crippen molar-refractivity contribution in [3.05, 3.63) is 59.1 Å². The van der Waals surface area contributed by atoms with E-state index >= 15 is 0 Å². The molecule has 25 heavy (non-hydrogen) atoms. The highest BCUT2D eigenvalue weighted by molar-refractivity contribution is 6.30. The lowest BCUT2D eigenvalue weighted by Crippen LogP contribution is -2.49. The van der Waals surface area contributed by atoms with Gasteiger partial charge in [0, 0.05) is 17.1 Å². The van der Waals surface area contributed by atoms with Crippen molar-refractivity contribution in [3.8, 4) is 5.75 Å². The van der Waals surface area contributed by atoms with Gasteiger partial charge in [0.25, 0.3) is 0 Å². The number of amides is 1. The zero-order valence-corrected chi connectivity index (χ0v) is 14.8. The molecule has 0 spiro atoms. The third kappa shape index (κ3) is 4.79. The maximum absolute atomic E-state index is 11.8. The van der Waals surface area contributed by atoms with Gasteiger partial charge in [0.05, 0.1) is 12.8 Å². The average Bonchev–Trinajstić information content (AvgIpc) is 2.59. The van der Waals surface area contributed by atoms with Crippen molar-refractivity contribution in [2.45, 2.75) is 31.5 Å². The fourth-order valence-electron chi connectivity index (χ4n) is 2.80. The van der Waals surface area contributed by atoms with E-state index in [1.165, 1.54) is 0 Å². The van der Waals surface area contributed by atoms with Crippen LogP contribution in [0.15, 0.2) is 48.5 Å². The van der Waals surface area contributed by atoms with Crippen molar-refractivity contribution in [1.29, 1.82) is 0 Å². The minimum atomic E-state index is -0.382. The zero-order chi connectivity index (χ0) is 17.6. The molecule has 2 aromatic carbocycles. The molecule has 0 saturated heterocycles. The summed E-state index contributed by atoms with van der Waals surface area (Å²) in [6.07, 6.45) is 1.28. The lowest BCUT2D eigenvalue weighted by atomic mass is 9.86. The molecule has 3 rings (SSSR count). The van der Waals surface area contributed by atoms with Crippen LogP contribution in [0.5, 0.6) is 5.75 Å². The molecule has 0 radical (unpaired) electrons. The number of carbonyl (C=O) groups excluding carboxylic acids is 1. The summed E-state index contributed by atoms with van der Waals surface area (Å²) in [4.78, 5) is 11.8. The predicted octanol–water partition coefficient (Wildman–Crippen LogP) is 4.22. The highest BCUT2D eigenvalue weighted by Crippen LogP contribution is 2.32. The molecule has 0 unspecified atom stereocenters. The van der Waals surface area contributed by atoms with Gasteiger partial charge >= 0.3 is 6.09 Å². The summed E-state index contributed by atoms with van der Waals surface area (Å²) >= 11 is 6.03. The number of hydrogen-bond donors (Lipinski definition) is 2. The van der Waals surface area contributed by atoms with E-state index < -0.39 is 0 Å². The van der Waals surface area contributed by atoms with Crippen LogP contribution < -0.4 is 15.4 Å². The van der Waals surface area contributed by atoms with Crippen LogP contribution in [0.4, 0.5) is 10.5 Å². The molecule has 0 bridgehead atoms. The van der Waals surface area contributed by atoms with E-state index in [-0.39, 0.29) is 24.8 Å². The van der Waals surface area contributed by atoms with Crippen molar-refractivity contribution in [3.63, 3.8) is 0 Å². The third-order valence-electron chi connectivity index (χ3n) is 4.19. The minimum absolute atomic E-state index is 0.117. The molecule has 132 valence electrons. The van der Waals surface area contributed by atoms with Gasteiger partial charge in [-0.1, -0.05) is 41.9 Å². The Morgan fingerprint density at radius 3 is 2.64 bits per heavy atom. The van der Waals surface area contributed by atoms with Crippen molar-refractivity contribution >= 4 is 23.4 Å². The van der Waals surface area contributed by atoms with Gasteiger partial charge < -0.3 is 20.1 Å². The highest BCUT2D eigenvalue weighted by Gasteiger charge is 2.31. The van der Waals surface area contributed by atoms with Crippen LogP contribution in [0.1, 0.15) is 18.4 Å².